The highest BCUT2D eigenvalue weighted by atomic mass is 127. The number of guanidine groups is 1. The molecule has 30 heavy (non-hydrogen) atoms. The molecule has 0 aliphatic carbocycles. The highest BCUT2D eigenvalue weighted by Gasteiger charge is 2.11. The van der Waals surface area contributed by atoms with Crippen LogP contribution in [-0.2, 0) is 13.0 Å². The monoisotopic (exact) mass is 528 g/mol. The molecular weight excluding hydrogens is 491 g/mol. The van der Waals surface area contributed by atoms with Crippen molar-refractivity contribution < 1.29 is 4.52 Å². The molecule has 0 fully saturated rings. The average Bonchev–Trinajstić information content (AvgIpc) is 3.18. The number of aromatic nitrogens is 2. The summed E-state index contributed by atoms with van der Waals surface area (Å²) in [4.78, 5) is 11.5. The first kappa shape index (κ1) is 26.4. The molecule has 0 spiro atoms. The summed E-state index contributed by atoms with van der Waals surface area (Å²) in [5, 5.41) is 10.6. The second-order valence-electron chi connectivity index (χ2n) is 7.68. The standard InChI is InChI=1S/C22H36N6O.HI/c1-6-23-22(25-15-13-20-26-21(17(2)3)27-29-20)24-14-12-18(4)28(5)16-19-10-8-7-9-11-19;/h7-11,17-18H,6,12-16H2,1-5H3,(H2,23,24,25);1H. The second-order valence-corrected chi connectivity index (χ2v) is 7.68. The van der Waals surface area contributed by atoms with Gasteiger partial charge in [0.15, 0.2) is 11.8 Å². The first-order chi connectivity index (χ1) is 14.0. The van der Waals surface area contributed by atoms with Crippen molar-refractivity contribution in [1.29, 1.82) is 0 Å². The van der Waals surface area contributed by atoms with Gasteiger partial charge in [0.2, 0.25) is 5.89 Å². The minimum Gasteiger partial charge on any atom is -0.357 e. The van der Waals surface area contributed by atoms with Crippen LogP contribution >= 0.6 is 24.0 Å². The zero-order chi connectivity index (χ0) is 21.1. The van der Waals surface area contributed by atoms with Crippen LogP contribution in [0.5, 0.6) is 0 Å². The third-order valence-electron chi connectivity index (χ3n) is 4.82. The summed E-state index contributed by atoms with van der Waals surface area (Å²) in [7, 11) is 2.17. The van der Waals surface area contributed by atoms with Crippen LogP contribution in [0, 0.1) is 0 Å². The molecule has 0 radical (unpaired) electrons. The summed E-state index contributed by atoms with van der Waals surface area (Å²) >= 11 is 0. The minimum absolute atomic E-state index is 0. The zero-order valence-electron chi connectivity index (χ0n) is 18.9. The van der Waals surface area contributed by atoms with Gasteiger partial charge in [-0.05, 0) is 32.9 Å². The van der Waals surface area contributed by atoms with Crippen molar-refractivity contribution in [3.63, 3.8) is 0 Å². The molecule has 0 bridgehead atoms. The van der Waals surface area contributed by atoms with Crippen LogP contribution in [0.3, 0.4) is 0 Å². The van der Waals surface area contributed by atoms with Gasteiger partial charge in [-0.25, -0.2) is 0 Å². The van der Waals surface area contributed by atoms with E-state index in [1.807, 2.05) is 0 Å². The third-order valence-corrected chi connectivity index (χ3v) is 4.82. The maximum Gasteiger partial charge on any atom is 0.228 e. The highest BCUT2D eigenvalue weighted by molar-refractivity contribution is 14.0. The lowest BCUT2D eigenvalue weighted by Gasteiger charge is -2.24. The highest BCUT2D eigenvalue weighted by Crippen LogP contribution is 2.10. The van der Waals surface area contributed by atoms with E-state index in [1.165, 1.54) is 5.56 Å². The van der Waals surface area contributed by atoms with Gasteiger partial charge in [-0.2, -0.15) is 4.98 Å². The molecular formula is C22H37IN6O. The van der Waals surface area contributed by atoms with Gasteiger partial charge >= 0.3 is 0 Å². The van der Waals surface area contributed by atoms with E-state index in [1.54, 1.807) is 0 Å². The molecule has 0 aliphatic heterocycles. The van der Waals surface area contributed by atoms with Gasteiger partial charge in [0.05, 0.1) is 0 Å². The molecule has 1 aromatic heterocycles. The average molecular weight is 528 g/mol. The Hall–Kier alpha value is -1.68. The minimum atomic E-state index is 0. The van der Waals surface area contributed by atoms with Crippen LogP contribution in [0.1, 0.15) is 57.3 Å². The summed E-state index contributed by atoms with van der Waals surface area (Å²) in [6.45, 7) is 11.7. The van der Waals surface area contributed by atoms with Crippen molar-refractivity contribution in [2.45, 2.75) is 59.0 Å². The molecule has 0 saturated heterocycles. The molecule has 8 heteroatoms. The summed E-state index contributed by atoms with van der Waals surface area (Å²) < 4.78 is 5.29. The summed E-state index contributed by atoms with van der Waals surface area (Å²) in [5.41, 5.74) is 1.34. The SMILES string of the molecule is CCNC(=NCCC(C)N(C)Cc1ccccc1)NCCc1nc(C(C)C)no1.I. The first-order valence-electron chi connectivity index (χ1n) is 10.6. The summed E-state index contributed by atoms with van der Waals surface area (Å²) in [6, 6.07) is 11.0. The Balaban J connectivity index is 0.00000450. The van der Waals surface area contributed by atoms with Gasteiger partial charge in [-0.3, -0.25) is 9.89 Å². The number of nitrogens with zero attached hydrogens (tertiary/aromatic N) is 4. The number of halogens is 1. The molecule has 7 nitrogen and oxygen atoms in total. The van der Waals surface area contributed by atoms with Crippen molar-refractivity contribution in [2.24, 2.45) is 4.99 Å². The normalized spacial score (nSPS) is 12.7. The molecule has 0 aliphatic rings. The first-order valence-corrected chi connectivity index (χ1v) is 10.6. The topological polar surface area (TPSA) is 78.6 Å². The third kappa shape index (κ3) is 9.42. The maximum atomic E-state index is 5.29. The predicted molar refractivity (Wildman–Crippen MR) is 133 cm³/mol. The zero-order valence-corrected chi connectivity index (χ0v) is 21.2. The number of hydrogen-bond acceptors (Lipinski definition) is 5. The Morgan fingerprint density at radius 3 is 2.53 bits per heavy atom. The lowest BCUT2D eigenvalue weighted by Crippen LogP contribution is -2.38. The Morgan fingerprint density at radius 2 is 1.90 bits per heavy atom. The fraction of sp³-hybridized carbons (Fsp3) is 0.591. The van der Waals surface area contributed by atoms with Crippen molar-refractivity contribution in [1.82, 2.24) is 25.7 Å². The van der Waals surface area contributed by atoms with Gasteiger partial charge in [0.25, 0.3) is 0 Å². The Labute approximate surface area is 198 Å². The molecule has 0 saturated carbocycles. The molecule has 2 N–H and O–H groups in total. The van der Waals surface area contributed by atoms with Crippen LogP contribution in [0.4, 0.5) is 0 Å². The van der Waals surface area contributed by atoms with E-state index in [9.17, 15) is 0 Å². The van der Waals surface area contributed by atoms with Crippen molar-refractivity contribution >= 4 is 29.9 Å². The predicted octanol–water partition coefficient (Wildman–Crippen LogP) is 3.82. The van der Waals surface area contributed by atoms with Gasteiger partial charge in [0.1, 0.15) is 0 Å². The summed E-state index contributed by atoms with van der Waals surface area (Å²) in [6.07, 6.45) is 1.68. The summed E-state index contributed by atoms with van der Waals surface area (Å²) in [5.74, 6) is 2.53. The van der Waals surface area contributed by atoms with E-state index in [0.717, 1.165) is 37.8 Å². The van der Waals surface area contributed by atoms with Crippen LogP contribution in [0.2, 0.25) is 0 Å². The van der Waals surface area contributed by atoms with Gasteiger partial charge < -0.3 is 15.2 Å². The van der Waals surface area contributed by atoms with Crippen molar-refractivity contribution in [3.05, 3.63) is 47.6 Å². The number of rotatable bonds is 11. The van der Waals surface area contributed by atoms with Gasteiger partial charge in [-0.15, -0.1) is 24.0 Å². The Morgan fingerprint density at radius 1 is 1.17 bits per heavy atom. The van der Waals surface area contributed by atoms with Crippen LogP contribution in [0.25, 0.3) is 0 Å². The number of benzene rings is 1. The molecule has 0 amide bonds. The van der Waals surface area contributed by atoms with E-state index in [0.29, 0.717) is 24.9 Å². The molecule has 1 heterocycles. The van der Waals surface area contributed by atoms with E-state index < -0.39 is 0 Å². The Kier molecular flexibility index (Phi) is 12.6. The fourth-order valence-electron chi connectivity index (χ4n) is 2.84. The van der Waals surface area contributed by atoms with Gasteiger partial charge in [0, 0.05) is 44.6 Å². The largest absolute Gasteiger partial charge is 0.357 e. The Bertz CT molecular complexity index is 734. The van der Waals surface area contributed by atoms with Gasteiger partial charge in [-0.1, -0.05) is 49.3 Å². The number of nitrogens with one attached hydrogen (secondary N) is 2. The molecule has 168 valence electrons. The molecule has 1 aromatic carbocycles. The quantitative estimate of drug-likeness (QED) is 0.262. The van der Waals surface area contributed by atoms with Crippen molar-refractivity contribution in [2.75, 3.05) is 26.7 Å². The molecule has 2 rings (SSSR count). The van der Waals surface area contributed by atoms with E-state index >= 15 is 0 Å². The van der Waals surface area contributed by atoms with E-state index in [4.69, 9.17) is 9.52 Å². The number of aliphatic imine (C=N–C) groups is 1. The molecule has 1 unspecified atom stereocenters. The lowest BCUT2D eigenvalue weighted by atomic mass is 10.1. The van der Waals surface area contributed by atoms with E-state index in [-0.39, 0.29) is 29.9 Å². The second kappa shape index (κ2) is 14.3. The lowest BCUT2D eigenvalue weighted by molar-refractivity contribution is 0.240. The van der Waals surface area contributed by atoms with E-state index in [2.05, 4.69) is 90.7 Å². The van der Waals surface area contributed by atoms with Crippen LogP contribution in [-0.4, -0.2) is 53.7 Å². The van der Waals surface area contributed by atoms with Crippen LogP contribution < -0.4 is 10.6 Å². The smallest absolute Gasteiger partial charge is 0.228 e. The van der Waals surface area contributed by atoms with Crippen molar-refractivity contribution in [3.8, 4) is 0 Å². The fourth-order valence-corrected chi connectivity index (χ4v) is 2.84. The van der Waals surface area contributed by atoms with Crippen LogP contribution in [0.15, 0.2) is 39.8 Å². The molecule has 2 aromatic rings. The molecule has 1 atom stereocenters. The maximum absolute atomic E-state index is 5.29. The number of hydrogen-bond donors (Lipinski definition) is 2.